The summed E-state index contributed by atoms with van der Waals surface area (Å²) < 4.78 is 0. The van der Waals surface area contributed by atoms with Crippen LogP contribution in [0.4, 0.5) is 0 Å². The van der Waals surface area contributed by atoms with Gasteiger partial charge >= 0.3 is 0 Å². The van der Waals surface area contributed by atoms with Gasteiger partial charge in [0.05, 0.1) is 36.6 Å². The van der Waals surface area contributed by atoms with Crippen LogP contribution in [0.15, 0.2) is 182 Å². The lowest BCUT2D eigenvalue weighted by atomic mass is 10.00. The fraction of sp³-hybridized carbons (Fsp3) is 0.478. The third kappa shape index (κ3) is 37.5. The van der Waals surface area contributed by atoms with Crippen molar-refractivity contribution in [3.8, 4) is 0 Å². The highest BCUT2D eigenvalue weighted by atomic mass is 16.3. The molecule has 414 valence electrons. The first-order valence-electron chi connectivity index (χ1n) is 28.0. The maximum absolute atomic E-state index is 9.69. The minimum absolute atomic E-state index is 0.192. The molecule has 6 aromatic carbocycles. The van der Waals surface area contributed by atoms with Crippen LogP contribution in [0.1, 0.15) is 173 Å². The maximum Gasteiger partial charge on any atom is 0.0792 e. The van der Waals surface area contributed by atoms with E-state index in [1.54, 1.807) is 0 Å². The highest BCUT2D eigenvalue weighted by molar-refractivity contribution is 5.20. The molecule has 0 heterocycles. The Kier molecular flexibility index (Phi) is 37.5. The molecule has 0 spiro atoms. The van der Waals surface area contributed by atoms with Crippen LogP contribution in [0.5, 0.6) is 0 Å². The van der Waals surface area contributed by atoms with E-state index >= 15 is 0 Å². The first kappa shape index (κ1) is 68.1. The molecule has 75 heavy (non-hydrogen) atoms. The topological polar surface area (TPSA) is 121 Å². The third-order valence-corrected chi connectivity index (χ3v) is 11.8. The van der Waals surface area contributed by atoms with E-state index in [0.717, 1.165) is 74.5 Å². The molecule has 6 rings (SSSR count). The van der Waals surface area contributed by atoms with E-state index in [4.69, 9.17) is 0 Å². The molecule has 6 N–H and O–H groups in total. The van der Waals surface area contributed by atoms with Crippen LogP contribution in [0, 0.1) is 35.5 Å². The summed E-state index contributed by atoms with van der Waals surface area (Å²) in [5.41, 5.74) is 6.71. The Balaban J connectivity index is 0.000000450. The largest absolute Gasteiger partial charge is 0.393 e. The molecule has 0 radical (unpaired) electrons. The highest BCUT2D eigenvalue weighted by Gasteiger charge is 2.12. The van der Waals surface area contributed by atoms with Gasteiger partial charge in [-0.05, 0) is 127 Å². The van der Waals surface area contributed by atoms with E-state index in [9.17, 15) is 30.6 Å². The summed E-state index contributed by atoms with van der Waals surface area (Å²) in [6.07, 6.45) is 6.02. The molecule has 0 aliphatic carbocycles. The van der Waals surface area contributed by atoms with E-state index in [2.05, 4.69) is 119 Å². The molecule has 2 unspecified atom stereocenters. The normalized spacial score (nSPS) is 13.3. The molecule has 0 aliphatic heterocycles. The molecule has 0 bridgehead atoms. The van der Waals surface area contributed by atoms with Crippen molar-refractivity contribution in [2.45, 2.75) is 177 Å². The van der Waals surface area contributed by atoms with Crippen LogP contribution in [-0.2, 0) is 19.3 Å². The summed E-state index contributed by atoms with van der Waals surface area (Å²) in [6, 6.07) is 59.8. The summed E-state index contributed by atoms with van der Waals surface area (Å²) >= 11 is 0. The predicted octanol–water partition coefficient (Wildman–Crippen LogP) is 16.2. The number of rotatable bonds is 21. The summed E-state index contributed by atoms with van der Waals surface area (Å²) in [5, 5.41) is 58.1. The molecule has 6 atom stereocenters. The van der Waals surface area contributed by atoms with Crippen LogP contribution in [0.25, 0.3) is 0 Å². The fourth-order valence-corrected chi connectivity index (χ4v) is 8.31. The Labute approximate surface area is 457 Å². The lowest BCUT2D eigenvalue weighted by Crippen LogP contribution is -2.13. The lowest BCUT2D eigenvalue weighted by Gasteiger charge is -2.12. The van der Waals surface area contributed by atoms with Gasteiger partial charge in [0.2, 0.25) is 0 Å². The average Bonchev–Trinajstić information content (AvgIpc) is 3.35. The molecule has 6 nitrogen and oxygen atoms in total. The van der Waals surface area contributed by atoms with E-state index < -0.39 is 0 Å². The monoisotopic (exact) mass is 1030 g/mol. The van der Waals surface area contributed by atoms with Crippen LogP contribution < -0.4 is 0 Å². The minimum Gasteiger partial charge on any atom is -0.393 e. The molecular weight excluding hydrogens is 925 g/mol. The number of aliphatic hydroxyl groups is 6. The second-order valence-electron chi connectivity index (χ2n) is 22.6. The lowest BCUT2D eigenvalue weighted by molar-refractivity contribution is 0.148. The van der Waals surface area contributed by atoms with E-state index in [-0.39, 0.29) is 36.6 Å². The van der Waals surface area contributed by atoms with Gasteiger partial charge in [0.25, 0.3) is 0 Å². The van der Waals surface area contributed by atoms with Crippen molar-refractivity contribution in [3.05, 3.63) is 215 Å². The highest BCUT2D eigenvalue weighted by Crippen LogP contribution is 2.22. The Bertz CT molecular complexity index is 1900. The van der Waals surface area contributed by atoms with Crippen molar-refractivity contribution in [2.75, 3.05) is 0 Å². The van der Waals surface area contributed by atoms with E-state index in [0.29, 0.717) is 35.5 Å². The zero-order chi connectivity index (χ0) is 56.0. The predicted molar refractivity (Wildman–Crippen MR) is 319 cm³/mol. The van der Waals surface area contributed by atoms with Crippen molar-refractivity contribution in [1.82, 2.24) is 0 Å². The summed E-state index contributed by atoms with van der Waals surface area (Å²) in [5.74, 6) is 3.33. The van der Waals surface area contributed by atoms with Crippen LogP contribution in [0.2, 0.25) is 0 Å². The summed E-state index contributed by atoms with van der Waals surface area (Å²) in [7, 11) is 0. The van der Waals surface area contributed by atoms with E-state index in [1.807, 2.05) is 146 Å². The molecule has 0 aromatic heterocycles. The molecule has 0 saturated heterocycles. The standard InChI is InChI=1S/3C12H18O.3C11H16O/c3*1-10(2)8-12(13)9-11-6-4-3-5-7-11;3*1-9(2)8-11(12)10-6-4-3-5-7-10/h3*3-7,10,12-13H,8-9H2,1-2H3;3*3-7,9,11-12H,8H2,1-2H3/t2*12-;;2*11-;/m10.10./s1. The van der Waals surface area contributed by atoms with Gasteiger partial charge < -0.3 is 30.6 Å². The van der Waals surface area contributed by atoms with Crippen LogP contribution in [-0.4, -0.2) is 49.0 Å². The SMILES string of the molecule is CC(C)CC(O)Cc1ccccc1.CC(C)CC(O)c1ccccc1.CC(C)C[C@@H](O)Cc1ccccc1.CC(C)C[C@@H](O)c1ccccc1.CC(C)C[C@H](O)Cc1ccccc1.CC(C)C[C@H](O)c1ccccc1. The zero-order valence-corrected chi connectivity index (χ0v) is 48.3. The van der Waals surface area contributed by atoms with Gasteiger partial charge in [-0.3, -0.25) is 0 Å². The molecule has 0 fully saturated rings. The van der Waals surface area contributed by atoms with Crippen molar-refractivity contribution < 1.29 is 30.6 Å². The van der Waals surface area contributed by atoms with Crippen molar-refractivity contribution >= 4 is 0 Å². The number of hydrogen-bond donors (Lipinski definition) is 6. The van der Waals surface area contributed by atoms with Gasteiger partial charge in [0.15, 0.2) is 0 Å². The Morgan fingerprint density at radius 2 is 0.387 bits per heavy atom. The van der Waals surface area contributed by atoms with Crippen LogP contribution in [0.3, 0.4) is 0 Å². The van der Waals surface area contributed by atoms with Crippen LogP contribution >= 0.6 is 0 Å². The zero-order valence-electron chi connectivity index (χ0n) is 48.3. The average molecular weight is 1030 g/mol. The molecule has 0 aliphatic rings. The first-order chi connectivity index (χ1) is 35.6. The Hall–Kier alpha value is -4.92. The molecular formula is C69H102O6. The van der Waals surface area contributed by atoms with Crippen molar-refractivity contribution in [3.63, 3.8) is 0 Å². The molecule has 0 saturated carbocycles. The van der Waals surface area contributed by atoms with Crippen molar-refractivity contribution in [1.29, 1.82) is 0 Å². The molecule has 6 heteroatoms. The van der Waals surface area contributed by atoms with Gasteiger partial charge in [-0.15, -0.1) is 0 Å². The number of hydrogen-bond acceptors (Lipinski definition) is 6. The maximum atomic E-state index is 9.69. The molecule has 0 amide bonds. The Morgan fingerprint density at radius 3 is 0.547 bits per heavy atom. The third-order valence-electron chi connectivity index (χ3n) is 11.8. The number of benzene rings is 6. The van der Waals surface area contributed by atoms with Gasteiger partial charge in [0, 0.05) is 0 Å². The van der Waals surface area contributed by atoms with Gasteiger partial charge in [-0.1, -0.05) is 265 Å². The Morgan fingerprint density at radius 1 is 0.227 bits per heavy atom. The fourth-order valence-electron chi connectivity index (χ4n) is 8.31. The van der Waals surface area contributed by atoms with Gasteiger partial charge in [0.1, 0.15) is 0 Å². The summed E-state index contributed by atoms with van der Waals surface area (Å²) in [6.45, 7) is 25.5. The van der Waals surface area contributed by atoms with Gasteiger partial charge in [-0.2, -0.15) is 0 Å². The minimum atomic E-state index is -0.300. The quantitative estimate of drug-likeness (QED) is 0.0427. The van der Waals surface area contributed by atoms with Crippen molar-refractivity contribution in [2.24, 2.45) is 35.5 Å². The second kappa shape index (κ2) is 41.3. The first-order valence-corrected chi connectivity index (χ1v) is 28.0. The number of aliphatic hydroxyl groups excluding tert-OH is 6. The second-order valence-corrected chi connectivity index (χ2v) is 22.6. The molecule has 6 aromatic rings. The smallest absolute Gasteiger partial charge is 0.0792 e. The summed E-state index contributed by atoms with van der Waals surface area (Å²) in [4.78, 5) is 0. The van der Waals surface area contributed by atoms with Gasteiger partial charge in [-0.25, -0.2) is 0 Å². The van der Waals surface area contributed by atoms with E-state index in [1.165, 1.54) is 16.7 Å².